The van der Waals surface area contributed by atoms with Crippen molar-refractivity contribution in [1.82, 2.24) is 10.7 Å². The molecule has 3 aromatic carbocycles. The summed E-state index contributed by atoms with van der Waals surface area (Å²) in [5.41, 5.74) is 6.80. The van der Waals surface area contributed by atoms with Gasteiger partial charge in [-0.05, 0) is 34.7 Å². The number of para-hydroxylation sites is 1. The molecule has 4 rings (SSSR count). The van der Waals surface area contributed by atoms with Crippen molar-refractivity contribution < 1.29 is 29.3 Å². The highest BCUT2D eigenvalue weighted by Gasteiger charge is 2.29. The molecule has 188 valence electrons. The molecule has 9 nitrogen and oxygen atoms in total. The number of carbonyl (C=O) groups excluding carboxylic acids is 2. The predicted octanol–water partition coefficient (Wildman–Crippen LogP) is 2.38. The van der Waals surface area contributed by atoms with E-state index in [0.717, 1.165) is 22.3 Å². The first-order chi connectivity index (χ1) is 17.5. The third-order valence-corrected chi connectivity index (χ3v) is 6.17. The van der Waals surface area contributed by atoms with Gasteiger partial charge in [-0.1, -0.05) is 66.7 Å². The maximum Gasteiger partial charge on any atom is 0.407 e. The van der Waals surface area contributed by atoms with E-state index < -0.39 is 24.2 Å². The van der Waals surface area contributed by atoms with Crippen LogP contribution in [-0.2, 0) is 9.53 Å². The van der Waals surface area contributed by atoms with Crippen LogP contribution in [0.5, 0.6) is 5.75 Å². The van der Waals surface area contributed by atoms with Crippen molar-refractivity contribution in [3.05, 3.63) is 89.5 Å². The molecule has 0 bridgehead atoms. The van der Waals surface area contributed by atoms with Crippen LogP contribution in [0.25, 0.3) is 11.1 Å². The summed E-state index contributed by atoms with van der Waals surface area (Å²) in [6.45, 7) is -0.0562. The molecule has 0 saturated heterocycles. The average molecular weight is 492 g/mol. The van der Waals surface area contributed by atoms with Gasteiger partial charge in [-0.3, -0.25) is 10.2 Å². The Kier molecular flexibility index (Phi) is 8.17. The molecule has 0 saturated carbocycles. The Morgan fingerprint density at radius 2 is 1.53 bits per heavy atom. The van der Waals surface area contributed by atoms with Crippen molar-refractivity contribution in [3.63, 3.8) is 0 Å². The molecule has 0 heterocycles. The highest BCUT2D eigenvalue weighted by molar-refractivity contribution is 5.79. The van der Waals surface area contributed by atoms with E-state index in [0.29, 0.717) is 5.56 Å². The van der Waals surface area contributed by atoms with E-state index in [9.17, 15) is 19.8 Å². The van der Waals surface area contributed by atoms with Crippen molar-refractivity contribution in [1.29, 1.82) is 0 Å². The van der Waals surface area contributed by atoms with Crippen molar-refractivity contribution in [2.24, 2.45) is 5.84 Å². The average Bonchev–Trinajstić information content (AvgIpc) is 3.23. The first-order valence-corrected chi connectivity index (χ1v) is 11.7. The van der Waals surface area contributed by atoms with Crippen LogP contribution >= 0.6 is 0 Å². The maximum atomic E-state index is 12.3. The molecule has 0 aliphatic heterocycles. The van der Waals surface area contributed by atoms with Crippen LogP contribution in [0.15, 0.2) is 72.8 Å². The number of hydrazine groups is 1. The number of aliphatic hydroxyl groups excluding tert-OH is 2. The number of carbonyl (C=O) groups is 2. The number of hydrogen-bond acceptors (Lipinski definition) is 7. The quantitative estimate of drug-likeness (QED) is 0.166. The number of fused-ring (bicyclic) bond motifs is 3. The van der Waals surface area contributed by atoms with Gasteiger partial charge in [0.1, 0.15) is 18.5 Å². The molecule has 0 aromatic heterocycles. The molecule has 1 aliphatic rings. The van der Waals surface area contributed by atoms with E-state index in [-0.39, 0.29) is 37.8 Å². The Morgan fingerprint density at radius 3 is 2.19 bits per heavy atom. The number of nitrogens with one attached hydrogen (secondary N) is 2. The number of rotatable bonds is 10. The summed E-state index contributed by atoms with van der Waals surface area (Å²) in [7, 11) is 0. The van der Waals surface area contributed by atoms with Gasteiger partial charge in [0.15, 0.2) is 6.61 Å². The Bertz CT molecular complexity index is 1170. The smallest absolute Gasteiger partial charge is 0.407 e. The minimum Gasteiger partial charge on any atom is -0.483 e. The summed E-state index contributed by atoms with van der Waals surface area (Å²) in [5.74, 6) is 4.71. The second-order valence-electron chi connectivity index (χ2n) is 8.45. The minimum atomic E-state index is -1.29. The second kappa shape index (κ2) is 11.7. The van der Waals surface area contributed by atoms with Crippen molar-refractivity contribution in [3.8, 4) is 16.9 Å². The van der Waals surface area contributed by atoms with Gasteiger partial charge in [0.25, 0.3) is 5.91 Å². The lowest BCUT2D eigenvalue weighted by atomic mass is 9.98. The molecule has 3 aromatic rings. The van der Waals surface area contributed by atoms with E-state index in [1.165, 1.54) is 0 Å². The molecule has 0 fully saturated rings. The largest absolute Gasteiger partial charge is 0.483 e. The molecule has 6 N–H and O–H groups in total. The Morgan fingerprint density at radius 1 is 0.917 bits per heavy atom. The van der Waals surface area contributed by atoms with Crippen LogP contribution in [0.1, 0.15) is 35.1 Å². The predicted molar refractivity (Wildman–Crippen MR) is 133 cm³/mol. The van der Waals surface area contributed by atoms with Gasteiger partial charge in [0.2, 0.25) is 0 Å². The molecule has 2 unspecified atom stereocenters. The van der Waals surface area contributed by atoms with Crippen molar-refractivity contribution in [2.45, 2.75) is 24.5 Å². The lowest BCUT2D eigenvalue weighted by molar-refractivity contribution is -0.123. The zero-order chi connectivity index (χ0) is 25.5. The van der Waals surface area contributed by atoms with E-state index in [4.69, 9.17) is 15.3 Å². The molecule has 1 aliphatic carbocycles. The Labute approximate surface area is 208 Å². The van der Waals surface area contributed by atoms with Gasteiger partial charge in [0, 0.05) is 18.0 Å². The molecule has 2 atom stereocenters. The van der Waals surface area contributed by atoms with Gasteiger partial charge in [0.05, 0.1) is 6.10 Å². The van der Waals surface area contributed by atoms with E-state index >= 15 is 0 Å². The van der Waals surface area contributed by atoms with Crippen molar-refractivity contribution in [2.75, 3.05) is 19.8 Å². The van der Waals surface area contributed by atoms with Crippen LogP contribution in [0.3, 0.4) is 0 Å². The monoisotopic (exact) mass is 491 g/mol. The SMILES string of the molecule is NNC(=O)COc1ccccc1C(O)C(O)CCNC(=O)OCC1c2ccccc2-c2ccccc21. The molecular weight excluding hydrogens is 462 g/mol. The third kappa shape index (κ3) is 5.65. The standard InChI is InChI=1S/C27H29N3O6/c28-30-25(32)16-35-24-12-6-5-11-21(24)26(33)23(31)13-14-29-27(34)36-15-22-19-9-3-1-7-17(19)18-8-2-4-10-20(18)22/h1-12,22-23,26,31,33H,13-16,28H2,(H,29,34)(H,30,32). The molecule has 0 radical (unpaired) electrons. The summed E-state index contributed by atoms with van der Waals surface area (Å²) >= 11 is 0. The summed E-state index contributed by atoms with van der Waals surface area (Å²) in [4.78, 5) is 23.7. The van der Waals surface area contributed by atoms with Gasteiger partial charge < -0.3 is 25.0 Å². The van der Waals surface area contributed by atoms with Gasteiger partial charge in [-0.25, -0.2) is 10.6 Å². The fourth-order valence-corrected chi connectivity index (χ4v) is 4.38. The van der Waals surface area contributed by atoms with Gasteiger partial charge in [-0.2, -0.15) is 0 Å². The summed E-state index contributed by atoms with van der Waals surface area (Å²) < 4.78 is 10.9. The second-order valence-corrected chi connectivity index (χ2v) is 8.45. The van der Waals surface area contributed by atoms with E-state index in [1.54, 1.807) is 24.3 Å². The fourth-order valence-electron chi connectivity index (χ4n) is 4.38. The third-order valence-electron chi connectivity index (χ3n) is 6.17. The molecular formula is C27H29N3O6. The molecule has 0 spiro atoms. The summed E-state index contributed by atoms with van der Waals surface area (Å²) in [6.07, 6.45) is -3.00. The fraction of sp³-hybridized carbons (Fsp3) is 0.259. The number of alkyl carbamates (subject to hydrolysis) is 1. The lowest BCUT2D eigenvalue weighted by Gasteiger charge is -2.21. The summed E-state index contributed by atoms with van der Waals surface area (Å²) in [5, 5.41) is 23.7. The highest BCUT2D eigenvalue weighted by Crippen LogP contribution is 2.44. The van der Waals surface area contributed by atoms with Gasteiger partial charge in [-0.15, -0.1) is 0 Å². The number of nitrogens with two attached hydrogens (primary N) is 1. The normalized spacial score (nSPS) is 13.8. The van der Waals surface area contributed by atoms with Crippen LogP contribution in [0.2, 0.25) is 0 Å². The summed E-state index contributed by atoms with van der Waals surface area (Å²) in [6, 6.07) is 22.7. The van der Waals surface area contributed by atoms with Crippen LogP contribution in [0.4, 0.5) is 4.79 Å². The number of hydrogen-bond donors (Lipinski definition) is 5. The highest BCUT2D eigenvalue weighted by atomic mass is 16.5. The van der Waals surface area contributed by atoms with E-state index in [1.807, 2.05) is 41.8 Å². The van der Waals surface area contributed by atoms with Crippen LogP contribution < -0.4 is 21.3 Å². The maximum absolute atomic E-state index is 12.3. The molecule has 2 amide bonds. The number of benzene rings is 3. The molecule has 9 heteroatoms. The lowest BCUT2D eigenvalue weighted by Crippen LogP contribution is -2.34. The van der Waals surface area contributed by atoms with Crippen LogP contribution in [-0.4, -0.2) is 48.1 Å². The first kappa shape index (κ1) is 25.2. The molecule has 36 heavy (non-hydrogen) atoms. The number of amides is 2. The topological polar surface area (TPSA) is 143 Å². The van der Waals surface area contributed by atoms with Crippen LogP contribution in [0, 0.1) is 0 Å². The Hall–Kier alpha value is -3.92. The minimum absolute atomic E-state index is 0.0478. The zero-order valence-corrected chi connectivity index (χ0v) is 19.6. The zero-order valence-electron chi connectivity index (χ0n) is 19.6. The van der Waals surface area contributed by atoms with Crippen molar-refractivity contribution >= 4 is 12.0 Å². The van der Waals surface area contributed by atoms with E-state index in [2.05, 4.69) is 17.4 Å². The Balaban J connectivity index is 1.27. The number of aliphatic hydroxyl groups is 2. The number of ether oxygens (including phenoxy) is 2. The van der Waals surface area contributed by atoms with Gasteiger partial charge >= 0.3 is 6.09 Å². The first-order valence-electron chi connectivity index (χ1n) is 11.7.